The molecule has 0 aromatic carbocycles. The van der Waals surface area contributed by atoms with Gasteiger partial charge in [-0.1, -0.05) is 33.6 Å². The van der Waals surface area contributed by atoms with Crippen molar-refractivity contribution in [3.63, 3.8) is 0 Å². The molecular formula is C16H24N2O2. The molecule has 1 aliphatic rings. The molecule has 20 heavy (non-hydrogen) atoms. The van der Waals surface area contributed by atoms with Crippen LogP contribution < -0.4 is 4.90 Å². The normalized spacial score (nSPS) is 16.9. The highest BCUT2D eigenvalue weighted by Gasteiger charge is 2.21. The summed E-state index contributed by atoms with van der Waals surface area (Å²) in [5, 5.41) is 9.31. The van der Waals surface area contributed by atoms with Crippen molar-refractivity contribution in [2.75, 3.05) is 18.0 Å². The number of carboxylic acid groups (broad SMARTS) is 1. The molecule has 1 saturated heterocycles. The van der Waals surface area contributed by atoms with Crippen LogP contribution in [0, 0.1) is 0 Å². The van der Waals surface area contributed by atoms with Crippen molar-refractivity contribution in [1.82, 2.24) is 4.98 Å². The Balaban J connectivity index is 2.40. The van der Waals surface area contributed by atoms with Crippen LogP contribution in [0.15, 0.2) is 12.1 Å². The maximum Gasteiger partial charge on any atom is 0.335 e. The van der Waals surface area contributed by atoms with Crippen molar-refractivity contribution in [3.8, 4) is 0 Å². The van der Waals surface area contributed by atoms with Crippen LogP contribution in [0.2, 0.25) is 0 Å². The lowest BCUT2D eigenvalue weighted by atomic mass is 9.90. The monoisotopic (exact) mass is 276 g/mol. The van der Waals surface area contributed by atoms with Gasteiger partial charge in [0.25, 0.3) is 0 Å². The number of hydrogen-bond acceptors (Lipinski definition) is 3. The molecule has 1 aromatic rings. The standard InChI is InChI=1S/C16H24N2O2/c1-16(2,3)13-10-12(15(19)20)11-14(17-13)18-8-6-4-5-7-9-18/h10-11H,4-9H2,1-3H3,(H,19,20). The molecule has 0 bridgehead atoms. The van der Waals surface area contributed by atoms with Crippen molar-refractivity contribution in [3.05, 3.63) is 23.4 Å². The van der Waals surface area contributed by atoms with Crippen LogP contribution in [0.4, 0.5) is 5.82 Å². The fraction of sp³-hybridized carbons (Fsp3) is 0.625. The zero-order valence-corrected chi connectivity index (χ0v) is 12.6. The smallest absolute Gasteiger partial charge is 0.335 e. The van der Waals surface area contributed by atoms with Gasteiger partial charge in [-0.05, 0) is 25.0 Å². The first-order chi connectivity index (χ1) is 9.38. The third-order valence-corrected chi connectivity index (χ3v) is 3.76. The van der Waals surface area contributed by atoms with Gasteiger partial charge >= 0.3 is 5.97 Å². The summed E-state index contributed by atoms with van der Waals surface area (Å²) >= 11 is 0. The van der Waals surface area contributed by atoms with Crippen LogP contribution in [-0.2, 0) is 5.41 Å². The Labute approximate surface area is 120 Å². The number of pyridine rings is 1. The van der Waals surface area contributed by atoms with E-state index in [2.05, 4.69) is 25.7 Å². The number of aromatic nitrogens is 1. The van der Waals surface area contributed by atoms with Gasteiger partial charge in [-0.3, -0.25) is 0 Å². The lowest BCUT2D eigenvalue weighted by molar-refractivity contribution is 0.0696. The molecule has 2 heterocycles. The van der Waals surface area contributed by atoms with Crippen molar-refractivity contribution in [2.24, 2.45) is 0 Å². The maximum absolute atomic E-state index is 11.3. The fourth-order valence-corrected chi connectivity index (χ4v) is 2.49. The summed E-state index contributed by atoms with van der Waals surface area (Å²) in [6.45, 7) is 8.13. The molecule has 0 amide bonds. The van der Waals surface area contributed by atoms with Gasteiger partial charge in [-0.15, -0.1) is 0 Å². The summed E-state index contributed by atoms with van der Waals surface area (Å²) in [5.41, 5.74) is 1.03. The van der Waals surface area contributed by atoms with Crippen LogP contribution in [0.3, 0.4) is 0 Å². The van der Waals surface area contributed by atoms with Crippen LogP contribution in [0.25, 0.3) is 0 Å². The second kappa shape index (κ2) is 5.81. The van der Waals surface area contributed by atoms with E-state index in [4.69, 9.17) is 4.98 Å². The van der Waals surface area contributed by atoms with Gasteiger partial charge in [-0.25, -0.2) is 9.78 Å². The van der Waals surface area contributed by atoms with E-state index in [9.17, 15) is 9.90 Å². The molecule has 1 aromatic heterocycles. The number of carboxylic acids is 1. The van der Waals surface area contributed by atoms with E-state index in [1.807, 2.05) is 0 Å². The Kier molecular flexibility index (Phi) is 4.31. The van der Waals surface area contributed by atoms with Gasteiger partial charge in [0.05, 0.1) is 5.56 Å². The van der Waals surface area contributed by atoms with Gasteiger partial charge in [0.1, 0.15) is 5.82 Å². The van der Waals surface area contributed by atoms with E-state index < -0.39 is 5.97 Å². The zero-order valence-electron chi connectivity index (χ0n) is 12.6. The summed E-state index contributed by atoms with van der Waals surface area (Å²) in [5.74, 6) is -0.0642. The average molecular weight is 276 g/mol. The largest absolute Gasteiger partial charge is 0.478 e. The molecule has 0 aliphatic carbocycles. The third-order valence-electron chi connectivity index (χ3n) is 3.76. The number of anilines is 1. The van der Waals surface area contributed by atoms with Crippen molar-refractivity contribution in [2.45, 2.75) is 51.9 Å². The molecule has 0 atom stereocenters. The first kappa shape index (κ1) is 14.8. The first-order valence-electron chi connectivity index (χ1n) is 7.39. The summed E-state index contributed by atoms with van der Waals surface area (Å²) in [6.07, 6.45) is 4.82. The molecule has 110 valence electrons. The van der Waals surface area contributed by atoms with Gasteiger partial charge in [0, 0.05) is 24.2 Å². The number of rotatable bonds is 2. The Hall–Kier alpha value is -1.58. The Bertz CT molecular complexity index is 484. The van der Waals surface area contributed by atoms with E-state index in [1.165, 1.54) is 12.8 Å². The minimum absolute atomic E-state index is 0.147. The number of carbonyl (C=O) groups is 1. The molecule has 1 N–H and O–H groups in total. The van der Waals surface area contributed by atoms with Gasteiger partial charge in [0.2, 0.25) is 0 Å². The SMILES string of the molecule is CC(C)(C)c1cc(C(=O)O)cc(N2CCCCCC2)n1. The third kappa shape index (κ3) is 3.50. The second-order valence-corrected chi connectivity index (χ2v) is 6.56. The predicted molar refractivity (Wildman–Crippen MR) is 80.6 cm³/mol. The maximum atomic E-state index is 11.3. The molecule has 0 unspecified atom stereocenters. The second-order valence-electron chi connectivity index (χ2n) is 6.56. The predicted octanol–water partition coefficient (Wildman–Crippen LogP) is 3.46. The minimum atomic E-state index is -0.881. The van der Waals surface area contributed by atoms with Crippen molar-refractivity contribution >= 4 is 11.8 Å². The first-order valence-corrected chi connectivity index (χ1v) is 7.39. The minimum Gasteiger partial charge on any atom is -0.478 e. The van der Waals surface area contributed by atoms with E-state index in [1.54, 1.807) is 12.1 Å². The molecule has 0 saturated carbocycles. The quantitative estimate of drug-likeness (QED) is 0.898. The highest BCUT2D eigenvalue weighted by molar-refractivity contribution is 5.88. The lowest BCUT2D eigenvalue weighted by Crippen LogP contribution is -2.27. The van der Waals surface area contributed by atoms with Gasteiger partial charge in [-0.2, -0.15) is 0 Å². The van der Waals surface area contributed by atoms with E-state index in [0.717, 1.165) is 37.4 Å². The molecule has 2 rings (SSSR count). The molecule has 1 aliphatic heterocycles. The molecule has 0 radical (unpaired) electrons. The van der Waals surface area contributed by atoms with Crippen LogP contribution >= 0.6 is 0 Å². The summed E-state index contributed by atoms with van der Waals surface area (Å²) < 4.78 is 0. The van der Waals surface area contributed by atoms with Crippen molar-refractivity contribution < 1.29 is 9.90 Å². The van der Waals surface area contributed by atoms with Gasteiger partial charge in [0.15, 0.2) is 0 Å². The van der Waals surface area contributed by atoms with Crippen molar-refractivity contribution in [1.29, 1.82) is 0 Å². The topological polar surface area (TPSA) is 53.4 Å². The molecule has 0 spiro atoms. The molecule has 1 fully saturated rings. The van der Waals surface area contributed by atoms with Crippen LogP contribution in [0.5, 0.6) is 0 Å². The Morgan fingerprint density at radius 3 is 2.25 bits per heavy atom. The summed E-state index contributed by atoms with van der Waals surface area (Å²) in [6, 6.07) is 3.41. The average Bonchev–Trinajstić information content (AvgIpc) is 2.66. The van der Waals surface area contributed by atoms with Crippen LogP contribution in [-0.4, -0.2) is 29.1 Å². The summed E-state index contributed by atoms with van der Waals surface area (Å²) in [7, 11) is 0. The summed E-state index contributed by atoms with van der Waals surface area (Å²) in [4.78, 5) is 18.3. The Morgan fingerprint density at radius 2 is 1.75 bits per heavy atom. The Morgan fingerprint density at radius 1 is 1.15 bits per heavy atom. The van der Waals surface area contributed by atoms with Gasteiger partial charge < -0.3 is 10.0 Å². The molecule has 4 heteroatoms. The fourth-order valence-electron chi connectivity index (χ4n) is 2.49. The van der Waals surface area contributed by atoms with E-state index in [-0.39, 0.29) is 5.41 Å². The number of aromatic carboxylic acids is 1. The lowest BCUT2D eigenvalue weighted by Gasteiger charge is -2.25. The highest BCUT2D eigenvalue weighted by Crippen LogP contribution is 2.26. The zero-order chi connectivity index (χ0) is 14.8. The number of nitrogens with zero attached hydrogens (tertiary/aromatic N) is 2. The number of hydrogen-bond donors (Lipinski definition) is 1. The van der Waals surface area contributed by atoms with Crippen LogP contribution in [0.1, 0.15) is 62.5 Å². The highest BCUT2D eigenvalue weighted by atomic mass is 16.4. The molecular weight excluding hydrogens is 252 g/mol. The van der Waals surface area contributed by atoms with E-state index in [0.29, 0.717) is 5.56 Å². The van der Waals surface area contributed by atoms with E-state index >= 15 is 0 Å². The molecule has 4 nitrogen and oxygen atoms in total.